The molecule has 9 nitrogen and oxygen atoms in total. The number of H-pyrrole nitrogens is 1. The second kappa shape index (κ2) is 10.9. The number of ether oxygens (including phenoxy) is 2. The van der Waals surface area contributed by atoms with Gasteiger partial charge in [0.15, 0.2) is 6.61 Å². The quantitative estimate of drug-likeness (QED) is 0.263. The predicted molar refractivity (Wildman–Crippen MR) is 140 cm³/mol. The number of carbonyl (C=O) groups excluding carboxylic acids is 3. The SMILES string of the molecule is CCOC(=O)c1c(NC(=O)COC(=O)c2ccc3nc(-c4cccnc4)[nH]c3c2)sc2c1CCCCC2. The van der Waals surface area contributed by atoms with Gasteiger partial charge in [0.2, 0.25) is 0 Å². The minimum Gasteiger partial charge on any atom is -0.462 e. The fraction of sp³-hybridized carbons (Fsp3) is 0.296. The van der Waals surface area contributed by atoms with E-state index in [4.69, 9.17) is 9.47 Å². The molecule has 37 heavy (non-hydrogen) atoms. The van der Waals surface area contributed by atoms with Crippen molar-refractivity contribution in [3.8, 4) is 11.4 Å². The zero-order valence-electron chi connectivity index (χ0n) is 20.3. The first kappa shape index (κ1) is 24.6. The number of hydrogen-bond acceptors (Lipinski definition) is 8. The topological polar surface area (TPSA) is 123 Å². The molecule has 3 aromatic heterocycles. The zero-order valence-corrected chi connectivity index (χ0v) is 21.2. The number of aryl methyl sites for hydroxylation is 1. The molecular weight excluding hydrogens is 492 g/mol. The van der Waals surface area contributed by atoms with Crippen LogP contribution in [0.2, 0.25) is 0 Å². The molecule has 5 rings (SSSR count). The van der Waals surface area contributed by atoms with Crippen LogP contribution in [0, 0.1) is 0 Å². The largest absolute Gasteiger partial charge is 0.462 e. The molecule has 4 aromatic rings. The third-order valence-electron chi connectivity index (χ3n) is 6.14. The summed E-state index contributed by atoms with van der Waals surface area (Å²) in [6.45, 7) is 1.52. The average molecular weight is 519 g/mol. The van der Waals surface area contributed by atoms with E-state index in [1.807, 2.05) is 12.1 Å². The van der Waals surface area contributed by atoms with Crippen LogP contribution >= 0.6 is 11.3 Å². The van der Waals surface area contributed by atoms with Crippen LogP contribution in [0.5, 0.6) is 0 Å². The molecule has 0 spiro atoms. The van der Waals surface area contributed by atoms with Crippen molar-refractivity contribution in [1.29, 1.82) is 0 Å². The number of aromatic amines is 1. The molecule has 190 valence electrons. The Hall–Kier alpha value is -4.05. The van der Waals surface area contributed by atoms with Crippen LogP contribution in [-0.2, 0) is 27.1 Å². The van der Waals surface area contributed by atoms with Gasteiger partial charge in [-0.05, 0) is 68.5 Å². The maximum Gasteiger partial charge on any atom is 0.341 e. The van der Waals surface area contributed by atoms with Crippen LogP contribution in [0.25, 0.3) is 22.4 Å². The number of imidazole rings is 1. The molecule has 10 heteroatoms. The maximum absolute atomic E-state index is 12.7. The summed E-state index contributed by atoms with van der Waals surface area (Å²) >= 11 is 1.40. The lowest BCUT2D eigenvalue weighted by molar-refractivity contribution is -0.119. The van der Waals surface area contributed by atoms with Gasteiger partial charge in [-0.15, -0.1) is 11.3 Å². The van der Waals surface area contributed by atoms with Crippen LogP contribution in [0.4, 0.5) is 5.00 Å². The smallest absolute Gasteiger partial charge is 0.341 e. The first-order valence-electron chi connectivity index (χ1n) is 12.2. The van der Waals surface area contributed by atoms with Crippen LogP contribution in [-0.4, -0.2) is 46.0 Å². The summed E-state index contributed by atoms with van der Waals surface area (Å²) in [6.07, 6.45) is 8.18. The van der Waals surface area contributed by atoms with Crippen molar-refractivity contribution in [2.75, 3.05) is 18.5 Å². The molecule has 2 N–H and O–H groups in total. The summed E-state index contributed by atoms with van der Waals surface area (Å²) in [5, 5.41) is 3.22. The Morgan fingerprint density at radius 2 is 1.95 bits per heavy atom. The van der Waals surface area contributed by atoms with Crippen LogP contribution in [0.1, 0.15) is 57.3 Å². The summed E-state index contributed by atoms with van der Waals surface area (Å²) in [6, 6.07) is 8.66. The van der Waals surface area contributed by atoms with E-state index in [-0.39, 0.29) is 12.2 Å². The van der Waals surface area contributed by atoms with Gasteiger partial charge < -0.3 is 19.8 Å². The Labute approximate surface area is 217 Å². The lowest BCUT2D eigenvalue weighted by Gasteiger charge is -2.09. The molecule has 0 saturated carbocycles. The molecule has 0 aliphatic heterocycles. The number of nitrogens with zero attached hydrogens (tertiary/aromatic N) is 2. The highest BCUT2D eigenvalue weighted by Gasteiger charge is 2.27. The van der Waals surface area contributed by atoms with Crippen molar-refractivity contribution >= 4 is 45.2 Å². The number of rotatable bonds is 7. The summed E-state index contributed by atoms with van der Waals surface area (Å²) < 4.78 is 10.5. The minimum absolute atomic E-state index is 0.249. The van der Waals surface area contributed by atoms with Crippen molar-refractivity contribution in [2.24, 2.45) is 0 Å². The summed E-state index contributed by atoms with van der Waals surface area (Å²) in [5.41, 5.74) is 3.86. The summed E-state index contributed by atoms with van der Waals surface area (Å²) in [7, 11) is 0. The first-order valence-corrected chi connectivity index (χ1v) is 13.0. The third-order valence-corrected chi connectivity index (χ3v) is 7.35. The van der Waals surface area contributed by atoms with Crippen molar-refractivity contribution in [3.05, 3.63) is 64.3 Å². The van der Waals surface area contributed by atoms with Gasteiger partial charge in [0.05, 0.1) is 28.8 Å². The number of amides is 1. The van der Waals surface area contributed by atoms with Gasteiger partial charge in [-0.1, -0.05) is 6.42 Å². The van der Waals surface area contributed by atoms with Gasteiger partial charge in [0, 0.05) is 22.8 Å². The molecule has 1 aliphatic rings. The average Bonchev–Trinajstić information content (AvgIpc) is 3.41. The second-order valence-corrected chi connectivity index (χ2v) is 9.78. The number of fused-ring (bicyclic) bond motifs is 2. The Bertz CT molecular complexity index is 1460. The lowest BCUT2D eigenvalue weighted by atomic mass is 10.1. The molecule has 0 bridgehead atoms. The highest BCUT2D eigenvalue weighted by atomic mass is 32.1. The molecule has 1 aromatic carbocycles. The fourth-order valence-electron chi connectivity index (χ4n) is 4.40. The van der Waals surface area contributed by atoms with E-state index in [1.165, 1.54) is 11.3 Å². The number of pyridine rings is 1. The Morgan fingerprint density at radius 1 is 1.08 bits per heavy atom. The monoisotopic (exact) mass is 518 g/mol. The number of anilines is 1. The van der Waals surface area contributed by atoms with Crippen LogP contribution in [0.15, 0.2) is 42.7 Å². The fourth-order valence-corrected chi connectivity index (χ4v) is 5.70. The minimum atomic E-state index is -0.637. The molecule has 0 fully saturated rings. The van der Waals surface area contributed by atoms with Gasteiger partial charge in [-0.25, -0.2) is 14.6 Å². The van der Waals surface area contributed by atoms with Crippen molar-refractivity contribution in [3.63, 3.8) is 0 Å². The third kappa shape index (κ3) is 5.39. The first-order chi connectivity index (χ1) is 18.0. The predicted octanol–water partition coefficient (Wildman–Crippen LogP) is 4.93. The standard InChI is InChI=1S/C27H26N4O5S/c1-2-35-27(34)23-18-8-4-3-5-9-21(18)37-25(23)31-22(32)15-36-26(33)16-10-11-19-20(13-16)30-24(29-19)17-7-6-12-28-14-17/h6-7,10-14H,2-5,8-9,15H2,1H3,(H,29,30)(H,31,32). The number of aromatic nitrogens is 3. The molecule has 0 atom stereocenters. The van der Waals surface area contributed by atoms with Crippen LogP contribution < -0.4 is 5.32 Å². The highest BCUT2D eigenvalue weighted by Crippen LogP contribution is 2.38. The van der Waals surface area contributed by atoms with E-state index in [0.717, 1.165) is 48.1 Å². The summed E-state index contributed by atoms with van der Waals surface area (Å²) in [4.78, 5) is 50.9. The summed E-state index contributed by atoms with van der Waals surface area (Å²) in [5.74, 6) is -0.952. The van der Waals surface area contributed by atoms with Crippen molar-refractivity contribution in [2.45, 2.75) is 39.0 Å². The molecular formula is C27H26N4O5S. The van der Waals surface area contributed by atoms with E-state index >= 15 is 0 Å². The normalized spacial score (nSPS) is 13.0. The molecule has 1 aliphatic carbocycles. The van der Waals surface area contributed by atoms with Gasteiger partial charge in [0.1, 0.15) is 10.8 Å². The number of thiophene rings is 1. The van der Waals surface area contributed by atoms with Crippen molar-refractivity contribution < 1.29 is 23.9 Å². The number of carbonyl (C=O) groups is 3. The van der Waals surface area contributed by atoms with Gasteiger partial charge in [0.25, 0.3) is 5.91 Å². The molecule has 0 saturated heterocycles. The highest BCUT2D eigenvalue weighted by molar-refractivity contribution is 7.17. The van der Waals surface area contributed by atoms with E-state index in [2.05, 4.69) is 20.3 Å². The molecule has 0 radical (unpaired) electrons. The van der Waals surface area contributed by atoms with Crippen LogP contribution in [0.3, 0.4) is 0 Å². The number of benzene rings is 1. The number of nitrogens with one attached hydrogen (secondary N) is 2. The molecule has 1 amide bonds. The zero-order chi connectivity index (χ0) is 25.8. The Morgan fingerprint density at radius 3 is 2.76 bits per heavy atom. The van der Waals surface area contributed by atoms with Crippen molar-refractivity contribution in [1.82, 2.24) is 15.0 Å². The second-order valence-electron chi connectivity index (χ2n) is 8.67. The molecule has 3 heterocycles. The molecule has 0 unspecified atom stereocenters. The van der Waals surface area contributed by atoms with E-state index in [0.29, 0.717) is 27.4 Å². The Kier molecular flexibility index (Phi) is 7.27. The van der Waals surface area contributed by atoms with E-state index in [1.54, 1.807) is 37.5 Å². The number of hydrogen-bond donors (Lipinski definition) is 2. The van der Waals surface area contributed by atoms with Gasteiger partial charge >= 0.3 is 11.9 Å². The van der Waals surface area contributed by atoms with E-state index < -0.39 is 24.5 Å². The lowest BCUT2D eigenvalue weighted by Crippen LogP contribution is -2.22. The van der Waals surface area contributed by atoms with Gasteiger partial charge in [-0.3, -0.25) is 9.78 Å². The maximum atomic E-state index is 12.7. The van der Waals surface area contributed by atoms with E-state index in [9.17, 15) is 14.4 Å². The number of esters is 2. The Balaban J connectivity index is 1.26. The van der Waals surface area contributed by atoms with Gasteiger partial charge in [-0.2, -0.15) is 0 Å².